The molecule has 0 spiro atoms. The minimum Gasteiger partial charge on any atom is -0.393 e. The molecule has 1 amide bonds. The Morgan fingerprint density at radius 1 is 1.03 bits per heavy atom. The van der Waals surface area contributed by atoms with Crippen LogP contribution in [0.1, 0.15) is 43.2 Å². The number of carbonyl (C=O) groups excluding carboxylic acids is 2. The Balaban J connectivity index is 1.47. The van der Waals surface area contributed by atoms with Gasteiger partial charge in [-0.3, -0.25) is 9.59 Å². The first-order valence-corrected chi connectivity index (χ1v) is 11.9. The number of aromatic nitrogens is 1. The lowest BCUT2D eigenvalue weighted by Crippen LogP contribution is -2.35. The zero-order chi connectivity index (χ0) is 24.9. The summed E-state index contributed by atoms with van der Waals surface area (Å²) in [5, 5.41) is 14.3. The van der Waals surface area contributed by atoms with Crippen molar-refractivity contribution in [1.82, 2.24) is 10.3 Å². The SMILES string of the molecule is Nc1nccc2cc(CNC(=O)[C@@H](CC(=O)C3CCC(O)CC3)Cc3ccc(F)c(F)c3)ccc12. The van der Waals surface area contributed by atoms with E-state index < -0.39 is 17.6 Å². The van der Waals surface area contributed by atoms with Crippen molar-refractivity contribution in [2.24, 2.45) is 11.8 Å². The largest absolute Gasteiger partial charge is 0.393 e. The number of fused-ring (bicyclic) bond motifs is 1. The molecule has 0 unspecified atom stereocenters. The summed E-state index contributed by atoms with van der Waals surface area (Å²) >= 11 is 0. The summed E-state index contributed by atoms with van der Waals surface area (Å²) in [4.78, 5) is 30.2. The van der Waals surface area contributed by atoms with Crippen molar-refractivity contribution in [2.45, 2.75) is 51.2 Å². The van der Waals surface area contributed by atoms with Gasteiger partial charge in [0.05, 0.1) is 6.10 Å². The maximum absolute atomic E-state index is 13.8. The number of nitrogen functional groups attached to an aromatic ring is 1. The third kappa shape index (κ3) is 6.19. The number of aliphatic hydroxyl groups excluding tert-OH is 1. The number of nitrogens with zero attached hydrogens (tertiary/aromatic N) is 1. The molecule has 1 fully saturated rings. The first kappa shape index (κ1) is 24.7. The normalized spacial score (nSPS) is 18.8. The molecule has 1 atom stereocenters. The molecule has 0 saturated heterocycles. The number of nitrogens with one attached hydrogen (secondary N) is 1. The van der Waals surface area contributed by atoms with Crippen LogP contribution in [0.25, 0.3) is 10.8 Å². The molecule has 1 saturated carbocycles. The fourth-order valence-electron chi connectivity index (χ4n) is 4.71. The standard InChI is InChI=1S/C27H29F2N3O3/c28-23-8-2-16(13-24(23)29)11-20(14-25(34)18-3-5-21(33)6-4-18)27(35)32-15-17-1-7-22-19(12-17)9-10-31-26(22)30/h1-2,7-10,12-13,18,20-21,33H,3-6,11,14-15H2,(H2,30,31)(H,32,35)/t18?,20-,21?/m1/s1. The van der Waals surface area contributed by atoms with Crippen molar-refractivity contribution in [3.8, 4) is 0 Å². The smallest absolute Gasteiger partial charge is 0.224 e. The maximum Gasteiger partial charge on any atom is 0.224 e. The van der Waals surface area contributed by atoms with Crippen LogP contribution in [0.3, 0.4) is 0 Å². The highest BCUT2D eigenvalue weighted by Crippen LogP contribution is 2.28. The number of carbonyl (C=O) groups is 2. The van der Waals surface area contributed by atoms with Gasteiger partial charge in [-0.1, -0.05) is 18.2 Å². The van der Waals surface area contributed by atoms with Crippen LogP contribution in [0.4, 0.5) is 14.6 Å². The molecular weight excluding hydrogens is 452 g/mol. The number of hydrogen-bond acceptors (Lipinski definition) is 5. The number of aliphatic hydroxyl groups is 1. The first-order valence-electron chi connectivity index (χ1n) is 11.9. The number of nitrogens with two attached hydrogens (primary N) is 1. The summed E-state index contributed by atoms with van der Waals surface area (Å²) < 4.78 is 27.1. The quantitative estimate of drug-likeness (QED) is 0.450. The second-order valence-electron chi connectivity index (χ2n) is 9.29. The number of hydrogen-bond donors (Lipinski definition) is 3. The highest BCUT2D eigenvalue weighted by Gasteiger charge is 2.29. The second kappa shape index (κ2) is 10.9. The van der Waals surface area contributed by atoms with Gasteiger partial charge in [-0.05, 0) is 72.9 Å². The van der Waals surface area contributed by atoms with Gasteiger partial charge >= 0.3 is 0 Å². The molecule has 4 N–H and O–H groups in total. The van der Waals surface area contributed by atoms with Crippen LogP contribution in [0.5, 0.6) is 0 Å². The topological polar surface area (TPSA) is 105 Å². The molecule has 6 nitrogen and oxygen atoms in total. The van der Waals surface area contributed by atoms with E-state index in [9.17, 15) is 23.5 Å². The molecule has 4 rings (SSSR count). The van der Waals surface area contributed by atoms with Gasteiger partial charge in [-0.15, -0.1) is 0 Å². The van der Waals surface area contributed by atoms with Gasteiger partial charge in [0.15, 0.2) is 11.6 Å². The molecule has 8 heteroatoms. The Bertz CT molecular complexity index is 1230. The first-order chi connectivity index (χ1) is 16.8. The number of benzene rings is 2. The van der Waals surface area contributed by atoms with Gasteiger partial charge in [0, 0.05) is 36.4 Å². The van der Waals surface area contributed by atoms with Crippen LogP contribution < -0.4 is 11.1 Å². The third-order valence-corrected chi connectivity index (χ3v) is 6.76. The third-order valence-electron chi connectivity index (χ3n) is 6.76. The fraction of sp³-hybridized carbons (Fsp3) is 0.370. The lowest BCUT2D eigenvalue weighted by molar-refractivity contribution is -0.132. The van der Waals surface area contributed by atoms with Gasteiger partial charge in [-0.25, -0.2) is 13.8 Å². The summed E-state index contributed by atoms with van der Waals surface area (Å²) in [5.41, 5.74) is 7.21. The van der Waals surface area contributed by atoms with Crippen LogP contribution in [-0.4, -0.2) is 27.9 Å². The van der Waals surface area contributed by atoms with E-state index in [1.54, 1.807) is 6.20 Å². The second-order valence-corrected chi connectivity index (χ2v) is 9.29. The summed E-state index contributed by atoms with van der Waals surface area (Å²) in [6, 6.07) is 11.0. The minimum atomic E-state index is -0.987. The summed E-state index contributed by atoms with van der Waals surface area (Å²) in [7, 11) is 0. The van der Waals surface area contributed by atoms with Gasteiger partial charge in [0.1, 0.15) is 11.6 Å². The number of amides is 1. The molecule has 0 radical (unpaired) electrons. The number of Topliss-reactive ketones (excluding diaryl/α,β-unsaturated/α-hetero) is 1. The van der Waals surface area contributed by atoms with E-state index in [2.05, 4.69) is 10.3 Å². The summed E-state index contributed by atoms with van der Waals surface area (Å²) in [6.45, 7) is 0.245. The molecule has 0 aliphatic heterocycles. The molecule has 2 aromatic carbocycles. The molecule has 1 heterocycles. The number of rotatable bonds is 8. The van der Waals surface area contributed by atoms with Crippen molar-refractivity contribution in [3.63, 3.8) is 0 Å². The predicted molar refractivity (Wildman–Crippen MR) is 129 cm³/mol. The van der Waals surface area contributed by atoms with Crippen molar-refractivity contribution in [3.05, 3.63) is 71.4 Å². The van der Waals surface area contributed by atoms with Crippen molar-refractivity contribution in [1.29, 1.82) is 0 Å². The lowest BCUT2D eigenvalue weighted by atomic mass is 9.81. The highest BCUT2D eigenvalue weighted by atomic mass is 19.2. The molecule has 1 aliphatic rings. The number of anilines is 1. The number of halogens is 2. The van der Waals surface area contributed by atoms with E-state index in [1.807, 2.05) is 24.3 Å². The van der Waals surface area contributed by atoms with Gasteiger partial charge in [-0.2, -0.15) is 0 Å². The Morgan fingerprint density at radius 3 is 2.51 bits per heavy atom. The van der Waals surface area contributed by atoms with Crippen LogP contribution in [-0.2, 0) is 22.6 Å². The van der Waals surface area contributed by atoms with E-state index >= 15 is 0 Å². The zero-order valence-electron chi connectivity index (χ0n) is 19.3. The van der Waals surface area contributed by atoms with Gasteiger partial charge in [0.2, 0.25) is 5.91 Å². The molecule has 1 aromatic heterocycles. The van der Waals surface area contributed by atoms with Crippen molar-refractivity contribution >= 4 is 28.3 Å². The summed E-state index contributed by atoms with van der Waals surface area (Å²) in [6.07, 6.45) is 3.68. The average Bonchev–Trinajstić information content (AvgIpc) is 2.85. The van der Waals surface area contributed by atoms with Crippen LogP contribution in [0, 0.1) is 23.5 Å². The molecule has 1 aliphatic carbocycles. The van der Waals surface area contributed by atoms with E-state index in [1.165, 1.54) is 6.07 Å². The minimum absolute atomic E-state index is 0.00547. The Kier molecular flexibility index (Phi) is 7.70. The monoisotopic (exact) mass is 481 g/mol. The molecule has 184 valence electrons. The van der Waals surface area contributed by atoms with Gasteiger partial charge < -0.3 is 16.2 Å². The van der Waals surface area contributed by atoms with E-state index in [4.69, 9.17) is 5.73 Å². The Morgan fingerprint density at radius 2 is 1.77 bits per heavy atom. The van der Waals surface area contributed by atoms with Gasteiger partial charge in [0.25, 0.3) is 0 Å². The fourth-order valence-corrected chi connectivity index (χ4v) is 4.71. The summed E-state index contributed by atoms with van der Waals surface area (Å²) in [5.74, 6) is -2.80. The Labute approximate surface area is 202 Å². The van der Waals surface area contributed by atoms with E-state index in [0.29, 0.717) is 37.1 Å². The number of pyridine rings is 1. The van der Waals surface area contributed by atoms with Crippen LogP contribution in [0.15, 0.2) is 48.7 Å². The molecular formula is C27H29F2N3O3. The number of ketones is 1. The van der Waals surface area contributed by atoms with E-state index in [-0.39, 0.29) is 43.1 Å². The zero-order valence-corrected chi connectivity index (χ0v) is 19.3. The highest BCUT2D eigenvalue weighted by molar-refractivity contribution is 5.91. The average molecular weight is 482 g/mol. The van der Waals surface area contributed by atoms with Crippen LogP contribution >= 0.6 is 0 Å². The van der Waals surface area contributed by atoms with Crippen molar-refractivity contribution in [2.75, 3.05) is 5.73 Å². The lowest BCUT2D eigenvalue weighted by Gasteiger charge is -2.26. The maximum atomic E-state index is 13.8. The molecule has 0 bridgehead atoms. The van der Waals surface area contributed by atoms with Crippen LogP contribution in [0.2, 0.25) is 0 Å². The predicted octanol–water partition coefficient (Wildman–Crippen LogP) is 4.08. The molecule has 3 aromatic rings. The molecule has 35 heavy (non-hydrogen) atoms. The van der Waals surface area contributed by atoms with E-state index in [0.717, 1.165) is 28.5 Å². The Hall–Kier alpha value is -3.39. The van der Waals surface area contributed by atoms with Crippen molar-refractivity contribution < 1.29 is 23.5 Å².